The molecule has 1 fully saturated rings. The number of nitrogens with one attached hydrogen (secondary N) is 3. The highest BCUT2D eigenvalue weighted by Crippen LogP contribution is 2.30. The van der Waals surface area contributed by atoms with E-state index in [1.54, 1.807) is 36.4 Å². The van der Waals surface area contributed by atoms with Crippen LogP contribution in [0.25, 0.3) is 0 Å². The summed E-state index contributed by atoms with van der Waals surface area (Å²) in [5, 5.41) is 9.35. The summed E-state index contributed by atoms with van der Waals surface area (Å²) in [6.07, 6.45) is 5.87. The zero-order chi connectivity index (χ0) is 22.7. The van der Waals surface area contributed by atoms with Crippen LogP contribution in [0.15, 0.2) is 41.1 Å². The summed E-state index contributed by atoms with van der Waals surface area (Å²) in [4.78, 5) is 44.2. The molecule has 32 heavy (non-hydrogen) atoms. The molecule has 1 spiro atoms. The Balaban J connectivity index is 1.37. The Morgan fingerprint density at radius 3 is 2.88 bits per heavy atom. The first-order valence-corrected chi connectivity index (χ1v) is 11.0. The molecule has 3 N–H and O–H groups in total. The maximum Gasteiger partial charge on any atom is 0.256 e. The maximum absolute atomic E-state index is 12.9. The van der Waals surface area contributed by atoms with E-state index in [4.69, 9.17) is 4.42 Å². The van der Waals surface area contributed by atoms with Crippen LogP contribution in [0.3, 0.4) is 0 Å². The zero-order valence-electron chi connectivity index (χ0n) is 18.4. The van der Waals surface area contributed by atoms with E-state index in [0.717, 1.165) is 18.6 Å². The van der Waals surface area contributed by atoms with Gasteiger partial charge in [-0.25, -0.2) is 4.98 Å². The molecule has 4 rings (SSSR count). The summed E-state index contributed by atoms with van der Waals surface area (Å²) in [7, 11) is 0. The Bertz CT molecular complexity index is 992. The molecule has 9 heteroatoms. The first kappa shape index (κ1) is 21.9. The fourth-order valence-corrected chi connectivity index (χ4v) is 4.31. The number of hydrogen-bond donors (Lipinski definition) is 3. The van der Waals surface area contributed by atoms with Crippen LogP contribution < -0.4 is 16.0 Å². The van der Waals surface area contributed by atoms with E-state index in [-0.39, 0.29) is 30.2 Å². The number of carbonyl (C=O) groups is 3. The van der Waals surface area contributed by atoms with Gasteiger partial charge >= 0.3 is 0 Å². The fraction of sp³-hybridized carbons (Fsp3) is 0.478. The van der Waals surface area contributed by atoms with Crippen LogP contribution in [0.1, 0.15) is 55.6 Å². The lowest BCUT2D eigenvalue weighted by Gasteiger charge is -2.39. The largest absolute Gasteiger partial charge is 0.469 e. The van der Waals surface area contributed by atoms with Gasteiger partial charge < -0.3 is 25.3 Å². The van der Waals surface area contributed by atoms with Gasteiger partial charge in [0.1, 0.15) is 23.3 Å². The van der Waals surface area contributed by atoms with Crippen LogP contribution >= 0.6 is 0 Å². The highest BCUT2D eigenvalue weighted by Gasteiger charge is 2.42. The summed E-state index contributed by atoms with van der Waals surface area (Å²) >= 11 is 0. The lowest BCUT2D eigenvalue weighted by Crippen LogP contribution is -2.58. The van der Waals surface area contributed by atoms with Crippen molar-refractivity contribution in [1.82, 2.24) is 20.5 Å². The number of pyridine rings is 1. The molecule has 9 nitrogen and oxygen atoms in total. The van der Waals surface area contributed by atoms with Crippen molar-refractivity contribution in [3.05, 3.63) is 48.0 Å². The first-order valence-electron chi connectivity index (χ1n) is 11.0. The number of carbonyl (C=O) groups excluding carboxylic acids is 3. The topological polar surface area (TPSA) is 117 Å². The van der Waals surface area contributed by atoms with Gasteiger partial charge in [-0.05, 0) is 51.0 Å². The number of furan rings is 1. The molecule has 3 amide bonds. The fourth-order valence-electron chi connectivity index (χ4n) is 4.31. The molecule has 2 aliphatic rings. The lowest BCUT2D eigenvalue weighted by molar-refractivity contribution is -0.139. The van der Waals surface area contributed by atoms with Gasteiger partial charge in [0, 0.05) is 38.0 Å². The van der Waals surface area contributed by atoms with E-state index in [1.807, 2.05) is 19.1 Å². The van der Waals surface area contributed by atoms with Gasteiger partial charge in [0.15, 0.2) is 0 Å². The van der Waals surface area contributed by atoms with Gasteiger partial charge in [-0.3, -0.25) is 14.4 Å². The van der Waals surface area contributed by atoms with Gasteiger partial charge in [-0.2, -0.15) is 0 Å². The minimum absolute atomic E-state index is 0.0506. The lowest BCUT2D eigenvalue weighted by atomic mass is 9.97. The molecule has 2 aromatic heterocycles. The molecule has 0 bridgehead atoms. The smallest absolute Gasteiger partial charge is 0.256 e. The molecule has 0 aromatic carbocycles. The number of aryl methyl sites for hydroxylation is 1. The average Bonchev–Trinajstić information content (AvgIpc) is 3.25. The third-order valence-corrected chi connectivity index (χ3v) is 6.27. The Hall–Kier alpha value is -3.36. The van der Waals surface area contributed by atoms with Crippen molar-refractivity contribution in [2.24, 2.45) is 0 Å². The molecule has 0 saturated carbocycles. The number of anilines is 1. The van der Waals surface area contributed by atoms with E-state index in [2.05, 4.69) is 20.9 Å². The molecular weight excluding hydrogens is 410 g/mol. The molecule has 1 saturated heterocycles. The van der Waals surface area contributed by atoms with E-state index in [1.165, 1.54) is 0 Å². The van der Waals surface area contributed by atoms with Crippen LogP contribution in [0.4, 0.5) is 5.82 Å². The number of likely N-dealkylation sites (tertiary alicyclic amines) is 1. The molecule has 3 unspecified atom stereocenters. The van der Waals surface area contributed by atoms with Gasteiger partial charge in [-0.1, -0.05) is 0 Å². The van der Waals surface area contributed by atoms with E-state index < -0.39 is 11.7 Å². The molecule has 0 aliphatic carbocycles. The van der Waals surface area contributed by atoms with Crippen molar-refractivity contribution in [1.29, 1.82) is 0 Å². The molecule has 2 aliphatic heterocycles. The zero-order valence-corrected chi connectivity index (χ0v) is 18.4. The third-order valence-electron chi connectivity index (χ3n) is 6.27. The minimum Gasteiger partial charge on any atom is -0.469 e. The Labute approximate surface area is 186 Å². The molecule has 0 radical (unpaired) electrons. The Morgan fingerprint density at radius 1 is 1.25 bits per heavy atom. The normalized spacial score (nSPS) is 22.4. The number of aromatic nitrogens is 1. The molecule has 2 aromatic rings. The number of fused-ring (bicyclic) bond motifs is 1. The van der Waals surface area contributed by atoms with Crippen LogP contribution in [-0.4, -0.2) is 51.9 Å². The van der Waals surface area contributed by atoms with Crippen molar-refractivity contribution in [3.63, 3.8) is 0 Å². The monoisotopic (exact) mass is 439 g/mol. The van der Waals surface area contributed by atoms with Crippen molar-refractivity contribution < 1.29 is 18.8 Å². The van der Waals surface area contributed by atoms with Crippen molar-refractivity contribution in [3.8, 4) is 0 Å². The summed E-state index contributed by atoms with van der Waals surface area (Å²) in [6.45, 7) is 4.04. The minimum atomic E-state index is -0.755. The van der Waals surface area contributed by atoms with Crippen LogP contribution in [0, 0.1) is 0 Å². The second-order valence-corrected chi connectivity index (χ2v) is 8.60. The number of nitrogens with zero attached hydrogens (tertiary/aromatic N) is 2. The third kappa shape index (κ3) is 4.61. The SMILES string of the molecule is CC(CCc1ccco1)NC(=O)C(C)N1CCC2(CCC1=O)NC(=O)c1cccnc1N2. The Morgan fingerprint density at radius 2 is 2.09 bits per heavy atom. The maximum atomic E-state index is 12.9. The van der Waals surface area contributed by atoms with Gasteiger partial charge in [-0.15, -0.1) is 0 Å². The van der Waals surface area contributed by atoms with Crippen LogP contribution in [0.5, 0.6) is 0 Å². The van der Waals surface area contributed by atoms with E-state index in [0.29, 0.717) is 30.8 Å². The summed E-state index contributed by atoms with van der Waals surface area (Å²) in [5.74, 6) is 0.909. The quantitative estimate of drug-likeness (QED) is 0.634. The standard InChI is InChI=1S/C23H29N5O4/c1-15(7-8-17-5-4-14-32-17)25-21(30)16(2)28-13-11-23(10-9-19(28)29)26-20-18(22(31)27-23)6-3-12-24-20/h3-6,12,14-16H,7-11,13H2,1-2H3,(H,24,26)(H,25,30)(H,27,31). The second kappa shape index (κ2) is 9.02. The van der Waals surface area contributed by atoms with Crippen LogP contribution in [-0.2, 0) is 16.0 Å². The van der Waals surface area contributed by atoms with Crippen molar-refractivity contribution in [2.75, 3.05) is 11.9 Å². The molecule has 3 atom stereocenters. The highest BCUT2D eigenvalue weighted by atomic mass is 16.3. The summed E-state index contributed by atoms with van der Waals surface area (Å²) in [5.41, 5.74) is -0.267. The van der Waals surface area contributed by atoms with Gasteiger partial charge in [0.2, 0.25) is 11.8 Å². The predicted molar refractivity (Wildman–Crippen MR) is 118 cm³/mol. The Kier molecular flexibility index (Phi) is 6.16. The van der Waals surface area contributed by atoms with Gasteiger partial charge in [0.05, 0.1) is 11.8 Å². The molecular formula is C23H29N5O4. The predicted octanol–water partition coefficient (Wildman–Crippen LogP) is 2.06. The summed E-state index contributed by atoms with van der Waals surface area (Å²) in [6, 6.07) is 6.53. The number of rotatable bonds is 6. The first-order chi connectivity index (χ1) is 15.4. The molecule has 4 heterocycles. The number of hydrogen-bond acceptors (Lipinski definition) is 6. The molecule has 170 valence electrons. The van der Waals surface area contributed by atoms with Gasteiger partial charge in [0.25, 0.3) is 5.91 Å². The second-order valence-electron chi connectivity index (χ2n) is 8.60. The van der Waals surface area contributed by atoms with Crippen molar-refractivity contribution in [2.45, 2.75) is 63.7 Å². The summed E-state index contributed by atoms with van der Waals surface area (Å²) < 4.78 is 5.34. The van der Waals surface area contributed by atoms with E-state index >= 15 is 0 Å². The highest BCUT2D eigenvalue weighted by molar-refractivity contribution is 6.01. The van der Waals surface area contributed by atoms with Crippen LogP contribution in [0.2, 0.25) is 0 Å². The van der Waals surface area contributed by atoms with Crippen molar-refractivity contribution >= 4 is 23.5 Å². The average molecular weight is 440 g/mol. The number of amides is 3. The van der Waals surface area contributed by atoms with E-state index in [9.17, 15) is 14.4 Å².